The van der Waals surface area contributed by atoms with E-state index in [1.807, 2.05) is 81.4 Å². The molecule has 0 saturated carbocycles. The van der Waals surface area contributed by atoms with Crippen molar-refractivity contribution in [2.24, 2.45) is 0 Å². The average Bonchev–Trinajstić information content (AvgIpc) is 1.12. The second kappa shape index (κ2) is 22.3. The first-order valence-electron chi connectivity index (χ1n) is 38.0. The number of aryl methyl sites for hydroxylation is 1. The Morgan fingerprint density at radius 1 is 0.494 bits per heavy atom. The number of hydrogen-bond donors (Lipinski definition) is 0. The molecule has 0 spiro atoms. The second-order valence-corrected chi connectivity index (χ2v) is 23.8. The number of nitrogens with zero attached hydrogens (tertiary/aromatic N) is 4. The van der Waals surface area contributed by atoms with Gasteiger partial charge >= 0.3 is 0 Å². The Morgan fingerprint density at radius 3 is 1.67 bits per heavy atom. The molecule has 3 heterocycles. The Balaban J connectivity index is 0.0000105. The number of para-hydroxylation sites is 3. The van der Waals surface area contributed by atoms with E-state index in [2.05, 4.69) is 78.2 Å². The summed E-state index contributed by atoms with van der Waals surface area (Å²) in [5.74, 6) is 0.526. The van der Waals surface area contributed by atoms with E-state index in [9.17, 15) is 9.60 Å². The topological polar surface area (TPSA) is 35.9 Å². The van der Waals surface area contributed by atoms with Crippen molar-refractivity contribution in [2.45, 2.75) is 85.4 Å². The van der Waals surface area contributed by atoms with Gasteiger partial charge in [-0.15, -0.1) is 29.7 Å². The summed E-state index contributed by atoms with van der Waals surface area (Å²) in [5.41, 5.74) is 1.92. The molecule has 0 amide bonds. The predicted octanol–water partition coefficient (Wildman–Crippen LogP) is 20.1. The molecule has 85 heavy (non-hydrogen) atoms. The Bertz CT molecular complexity index is 5660. The normalized spacial score (nSPS) is 15.7. The van der Waals surface area contributed by atoms with Crippen LogP contribution < -0.4 is 9.30 Å². The van der Waals surface area contributed by atoms with E-state index in [1.165, 1.54) is 12.3 Å². The van der Waals surface area contributed by atoms with Gasteiger partial charge in [-0.05, 0) is 137 Å². The van der Waals surface area contributed by atoms with Crippen molar-refractivity contribution in [2.75, 3.05) is 0 Å². The minimum atomic E-state index is -2.86. The summed E-state index contributed by atoms with van der Waals surface area (Å²) >= 11 is 0. The van der Waals surface area contributed by atoms with Crippen molar-refractivity contribution in [3.8, 4) is 84.3 Å². The zero-order valence-corrected chi connectivity index (χ0v) is 50.3. The van der Waals surface area contributed by atoms with E-state index in [4.69, 9.17) is 28.9 Å². The van der Waals surface area contributed by atoms with Crippen LogP contribution in [0.4, 0.5) is 0 Å². The van der Waals surface area contributed by atoms with E-state index in [0.717, 1.165) is 16.5 Å². The maximum atomic E-state index is 10.5. The van der Waals surface area contributed by atoms with Crippen molar-refractivity contribution in [1.82, 2.24) is 14.1 Å². The first-order chi connectivity index (χ1) is 49.1. The fourth-order valence-corrected chi connectivity index (χ4v) is 10.4. The number of pyridine rings is 1. The smallest absolute Gasteiger partial charge is 0.268 e. The van der Waals surface area contributed by atoms with Gasteiger partial charge in [-0.2, -0.15) is 18.2 Å². The Hall–Kier alpha value is -8.89. The molecular weight excluding hydrogens is 1220 g/mol. The van der Waals surface area contributed by atoms with Gasteiger partial charge in [0.15, 0.2) is 0 Å². The third-order valence-corrected chi connectivity index (χ3v) is 14.9. The van der Waals surface area contributed by atoms with Gasteiger partial charge in [-0.3, -0.25) is 4.57 Å². The van der Waals surface area contributed by atoms with Gasteiger partial charge in [0.05, 0.1) is 41.4 Å². The molecule has 5 nitrogen and oxygen atoms in total. The first-order valence-corrected chi connectivity index (χ1v) is 27.5. The first kappa shape index (κ1) is 36.7. The molecule has 6 heteroatoms. The molecule has 422 valence electrons. The van der Waals surface area contributed by atoms with Gasteiger partial charge in [0, 0.05) is 54.0 Å². The van der Waals surface area contributed by atoms with Crippen molar-refractivity contribution in [3.63, 3.8) is 0 Å². The average molecular weight is 1310 g/mol. The van der Waals surface area contributed by atoms with Crippen LogP contribution in [0.5, 0.6) is 11.5 Å². The van der Waals surface area contributed by atoms with Crippen molar-refractivity contribution in [1.29, 1.82) is 0 Å². The van der Waals surface area contributed by atoms with E-state index in [0.29, 0.717) is 55.5 Å². The number of hydrogen-bond acceptors (Lipinski definition) is 2. The molecule has 0 bridgehead atoms. The predicted molar refractivity (Wildman–Crippen MR) is 348 cm³/mol. The number of rotatable bonds is 10. The van der Waals surface area contributed by atoms with E-state index in [-0.39, 0.29) is 66.2 Å². The molecule has 0 aliphatic heterocycles. The molecule has 0 N–H and O–H groups in total. The summed E-state index contributed by atoms with van der Waals surface area (Å²) in [5, 5.41) is 1.45. The molecule has 3 aromatic heterocycles. The summed E-state index contributed by atoms with van der Waals surface area (Å²) < 4.78 is 201. The van der Waals surface area contributed by atoms with Crippen molar-refractivity contribution < 1.29 is 59.2 Å². The SMILES string of the molecule is [2H]c1c([2H])c([2H])c(-c2cnc(-n3c4[c-]c(Oc5[c-]c(-n6[c-][n+](-c7c(-c8cc(C(C)(C)C)cc(C(C)(C)C)c8)cc(C(C)(C)C)cc7-c7c([2H])c(-c8c([2H])c([2H])c([2H])c([2H])c8[2H])c([2H])c(-c8c([2H])c([2H])c([2H])c([2H])c8[2H])c7[2H])c7ccccc76)ccc5)ccc4c4ccccc43)cc2C([2H])([2H])[2H])c([2H])c1[2H].[Pt]. The minimum Gasteiger partial charge on any atom is -0.510 e. The van der Waals surface area contributed by atoms with Crippen LogP contribution in [0.3, 0.4) is 0 Å². The van der Waals surface area contributed by atoms with Gasteiger partial charge in [-0.25, -0.2) is 4.98 Å². The number of fused-ring (bicyclic) bond motifs is 4. The van der Waals surface area contributed by atoms with E-state index >= 15 is 0 Å². The monoisotopic (exact) mass is 1300 g/mol. The van der Waals surface area contributed by atoms with Crippen LogP contribution in [0, 0.1) is 25.3 Å². The zero-order chi connectivity index (χ0) is 76.2. The molecular formula is C79H68N4OPt-2. The van der Waals surface area contributed by atoms with E-state index in [1.54, 1.807) is 44.0 Å². The Kier molecular flexibility index (Phi) is 9.62. The van der Waals surface area contributed by atoms with Gasteiger partial charge in [0.25, 0.3) is 6.33 Å². The minimum absolute atomic E-state index is 0. The fourth-order valence-electron chi connectivity index (χ4n) is 10.4. The molecule has 10 aromatic carbocycles. The third kappa shape index (κ3) is 11.0. The Morgan fingerprint density at radius 2 is 1.05 bits per heavy atom. The summed E-state index contributed by atoms with van der Waals surface area (Å²) in [7, 11) is 0. The molecule has 0 radical (unpaired) electrons. The Labute approximate surface area is 544 Å². The van der Waals surface area contributed by atoms with Crippen LogP contribution in [0.2, 0.25) is 0 Å². The van der Waals surface area contributed by atoms with Gasteiger partial charge in [0.2, 0.25) is 0 Å². The second-order valence-electron chi connectivity index (χ2n) is 23.8. The van der Waals surface area contributed by atoms with Crippen LogP contribution in [-0.4, -0.2) is 14.1 Å². The molecule has 0 fully saturated rings. The molecule has 0 saturated heterocycles. The summed E-state index contributed by atoms with van der Waals surface area (Å²) in [6.45, 7) is 15.8. The van der Waals surface area contributed by atoms with Crippen LogP contribution in [0.25, 0.3) is 106 Å². The number of aromatic nitrogens is 4. The van der Waals surface area contributed by atoms with Crippen LogP contribution in [0.1, 0.15) is 113 Å². The fraction of sp³-hybridized carbons (Fsp3) is 0.165. The quantitative estimate of drug-likeness (QED) is 0.101. The standard InChI is InChI=1S/C79H68N4O.Pt/c1-52-39-75(80-50-70(52)55-29-18-13-19-30-55)83-71-34-21-20-33-66(71)67-38-37-65(49-74(67)83)84-64-32-24-31-63(48-64)81-51-82(73-36-23-22-35-72(73)81)76-68(58-41-56(53-25-14-11-15-26-53)40-57(42-58)54-27-16-12-17-28-54)46-62(79(8,9)10)47-69(76)59-43-60(77(2,3)4)45-61(44-59)78(5,6)7;/h11-47,50H,1-10H3;/q-2;/i1D3,11D,12D,13D,14D,15D,16D,17D,18D,19D,25D,26D,27D,28D,29D,30D,40D,41D,42D;. The third-order valence-electron chi connectivity index (χ3n) is 14.9. The van der Waals surface area contributed by atoms with Gasteiger partial charge in [0.1, 0.15) is 5.82 Å². The van der Waals surface area contributed by atoms with E-state index < -0.39 is 154 Å². The van der Waals surface area contributed by atoms with Gasteiger partial charge in [-0.1, -0.05) is 231 Å². The van der Waals surface area contributed by atoms with Gasteiger partial charge < -0.3 is 13.9 Å². The van der Waals surface area contributed by atoms with Crippen molar-refractivity contribution >= 4 is 32.8 Å². The number of benzene rings is 10. The number of ether oxygens (including phenoxy) is 1. The summed E-state index contributed by atoms with van der Waals surface area (Å²) in [6, 6.07) is 29.0. The largest absolute Gasteiger partial charge is 0.510 e. The molecule has 0 unspecified atom stereocenters. The summed E-state index contributed by atoms with van der Waals surface area (Å²) in [6.07, 6.45) is 4.84. The maximum Gasteiger partial charge on any atom is 0.268 e. The molecule has 0 aliphatic carbocycles. The zero-order valence-electron chi connectivity index (χ0n) is 69.1. The molecule has 13 rings (SSSR count). The summed E-state index contributed by atoms with van der Waals surface area (Å²) in [4.78, 5) is 4.72. The van der Waals surface area contributed by atoms with Crippen LogP contribution >= 0.6 is 0 Å². The van der Waals surface area contributed by atoms with Crippen LogP contribution in [-0.2, 0) is 37.3 Å². The molecule has 0 aliphatic rings. The molecule has 13 aromatic rings. The molecule has 0 atom stereocenters. The van der Waals surface area contributed by atoms with Crippen molar-refractivity contribution in [3.05, 3.63) is 271 Å². The van der Waals surface area contributed by atoms with Crippen LogP contribution in [0.15, 0.2) is 230 Å². The maximum absolute atomic E-state index is 10.5. The number of imidazole rings is 1.